The third-order valence-corrected chi connectivity index (χ3v) is 4.08. The van der Waals surface area contributed by atoms with Crippen molar-refractivity contribution in [1.29, 1.82) is 0 Å². The monoisotopic (exact) mass is 268 g/mol. The number of hydrogen-bond acceptors (Lipinski definition) is 2. The Morgan fingerprint density at radius 1 is 1.22 bits per heavy atom. The molecule has 2 atom stereocenters. The minimum absolute atomic E-state index is 0.0485. The van der Waals surface area contributed by atoms with Crippen LogP contribution in [0.25, 0.3) is 0 Å². The van der Waals surface area contributed by atoms with Crippen molar-refractivity contribution in [2.45, 2.75) is 38.5 Å². The average molecular weight is 269 g/mol. The lowest BCUT2D eigenvalue weighted by Crippen LogP contribution is -2.15. The molecule has 0 bridgehead atoms. The van der Waals surface area contributed by atoms with E-state index in [1.165, 1.54) is 19.3 Å². The van der Waals surface area contributed by atoms with E-state index in [9.17, 15) is 0 Å². The molecule has 1 aliphatic rings. The van der Waals surface area contributed by atoms with Gasteiger partial charge in [0.2, 0.25) is 0 Å². The highest BCUT2D eigenvalue weighted by atomic mass is 35.5. The Bertz CT molecular complexity index is 392. The van der Waals surface area contributed by atoms with Gasteiger partial charge in [0.05, 0.1) is 5.38 Å². The first-order valence-corrected chi connectivity index (χ1v) is 7.19. The fourth-order valence-electron chi connectivity index (χ4n) is 2.23. The fraction of sp³-hybridized carbons (Fsp3) is 0.600. The van der Waals surface area contributed by atoms with E-state index in [0.717, 1.165) is 17.1 Å². The lowest BCUT2D eigenvalue weighted by molar-refractivity contribution is 0.171. The van der Waals surface area contributed by atoms with Crippen LogP contribution in [0.5, 0.6) is 11.5 Å². The minimum Gasteiger partial charge on any atom is -0.486 e. The second-order valence-corrected chi connectivity index (χ2v) is 5.39. The number of ether oxygens (including phenoxy) is 2. The quantitative estimate of drug-likeness (QED) is 0.729. The maximum absolute atomic E-state index is 6.54. The molecule has 100 valence electrons. The maximum atomic E-state index is 6.54. The molecule has 3 heteroatoms. The highest BCUT2D eigenvalue weighted by Gasteiger charge is 2.19. The van der Waals surface area contributed by atoms with Crippen LogP contribution < -0.4 is 9.47 Å². The third kappa shape index (κ3) is 3.11. The van der Waals surface area contributed by atoms with Crippen LogP contribution >= 0.6 is 11.6 Å². The zero-order valence-corrected chi connectivity index (χ0v) is 11.9. The van der Waals surface area contributed by atoms with Gasteiger partial charge in [-0.15, -0.1) is 11.6 Å². The normalized spacial score (nSPS) is 17.3. The van der Waals surface area contributed by atoms with Gasteiger partial charge in [-0.05, 0) is 30.0 Å². The Balaban J connectivity index is 2.08. The van der Waals surface area contributed by atoms with E-state index in [1.54, 1.807) is 0 Å². The number of benzene rings is 1. The molecule has 0 N–H and O–H groups in total. The van der Waals surface area contributed by atoms with Crippen LogP contribution in [0, 0.1) is 5.92 Å². The van der Waals surface area contributed by atoms with Crippen LogP contribution in [-0.2, 0) is 0 Å². The van der Waals surface area contributed by atoms with Crippen molar-refractivity contribution in [3.05, 3.63) is 23.8 Å². The molecule has 2 nitrogen and oxygen atoms in total. The molecule has 18 heavy (non-hydrogen) atoms. The topological polar surface area (TPSA) is 18.5 Å². The summed E-state index contributed by atoms with van der Waals surface area (Å²) in [6, 6.07) is 6.04. The number of halogens is 1. The molecule has 1 aromatic rings. The first kappa shape index (κ1) is 13.5. The molecule has 1 aromatic carbocycles. The van der Waals surface area contributed by atoms with E-state index in [4.69, 9.17) is 21.1 Å². The van der Waals surface area contributed by atoms with E-state index in [1.807, 2.05) is 18.2 Å². The second-order valence-electron chi connectivity index (χ2n) is 4.92. The van der Waals surface area contributed by atoms with Crippen LogP contribution in [0.15, 0.2) is 18.2 Å². The van der Waals surface area contributed by atoms with Gasteiger partial charge >= 0.3 is 0 Å². The van der Waals surface area contributed by atoms with E-state index >= 15 is 0 Å². The van der Waals surface area contributed by atoms with Gasteiger partial charge in [0.15, 0.2) is 11.5 Å². The average Bonchev–Trinajstić information content (AvgIpc) is 2.43. The molecule has 0 aromatic heterocycles. The zero-order valence-electron chi connectivity index (χ0n) is 11.1. The standard InChI is InChI=1S/C15H21ClO2/c1-3-4-5-11(2)15(16)12-6-7-13-14(10-12)18-9-8-17-13/h6-7,10-11,15H,3-5,8-9H2,1-2H3. The molecule has 0 spiro atoms. The Morgan fingerprint density at radius 3 is 2.67 bits per heavy atom. The lowest BCUT2D eigenvalue weighted by Gasteiger charge is -2.22. The predicted molar refractivity (Wildman–Crippen MR) is 74.7 cm³/mol. The SMILES string of the molecule is CCCCC(C)C(Cl)c1ccc2c(c1)OCCO2. The molecule has 0 radical (unpaired) electrons. The number of unbranched alkanes of at least 4 members (excludes halogenated alkanes) is 1. The van der Waals surface area contributed by atoms with Crippen molar-refractivity contribution in [2.75, 3.05) is 13.2 Å². The minimum atomic E-state index is 0.0485. The van der Waals surface area contributed by atoms with Crippen molar-refractivity contribution >= 4 is 11.6 Å². The molecular weight excluding hydrogens is 248 g/mol. The van der Waals surface area contributed by atoms with Crippen LogP contribution in [0.1, 0.15) is 44.1 Å². The first-order chi connectivity index (χ1) is 8.72. The van der Waals surface area contributed by atoms with E-state index in [2.05, 4.69) is 13.8 Å². The number of fused-ring (bicyclic) bond motifs is 1. The summed E-state index contributed by atoms with van der Waals surface area (Å²) in [7, 11) is 0. The maximum Gasteiger partial charge on any atom is 0.161 e. The number of hydrogen-bond donors (Lipinski definition) is 0. The smallest absolute Gasteiger partial charge is 0.161 e. The van der Waals surface area contributed by atoms with Gasteiger partial charge in [-0.25, -0.2) is 0 Å². The molecular formula is C15H21ClO2. The predicted octanol–water partition coefficient (Wildman–Crippen LogP) is 4.56. The lowest BCUT2D eigenvalue weighted by atomic mass is 9.95. The zero-order chi connectivity index (χ0) is 13.0. The van der Waals surface area contributed by atoms with Crippen molar-refractivity contribution in [3.63, 3.8) is 0 Å². The van der Waals surface area contributed by atoms with Crippen molar-refractivity contribution < 1.29 is 9.47 Å². The van der Waals surface area contributed by atoms with Gasteiger partial charge in [-0.3, -0.25) is 0 Å². The van der Waals surface area contributed by atoms with Crippen LogP contribution in [0.4, 0.5) is 0 Å². The van der Waals surface area contributed by atoms with Gasteiger partial charge < -0.3 is 9.47 Å². The van der Waals surface area contributed by atoms with Crippen molar-refractivity contribution in [3.8, 4) is 11.5 Å². The van der Waals surface area contributed by atoms with Gasteiger partial charge in [-0.1, -0.05) is 32.8 Å². The summed E-state index contributed by atoms with van der Waals surface area (Å²) in [5, 5.41) is 0.0485. The van der Waals surface area contributed by atoms with Gasteiger partial charge in [0.1, 0.15) is 13.2 Å². The van der Waals surface area contributed by atoms with E-state index in [-0.39, 0.29) is 5.38 Å². The molecule has 1 heterocycles. The molecule has 0 fully saturated rings. The third-order valence-electron chi connectivity index (χ3n) is 3.40. The summed E-state index contributed by atoms with van der Waals surface area (Å²) in [6.45, 7) is 5.67. The molecule has 2 unspecified atom stereocenters. The summed E-state index contributed by atoms with van der Waals surface area (Å²) < 4.78 is 11.1. The highest BCUT2D eigenvalue weighted by Crippen LogP contribution is 2.38. The summed E-state index contributed by atoms with van der Waals surface area (Å²) in [6.07, 6.45) is 3.61. The van der Waals surface area contributed by atoms with Crippen molar-refractivity contribution in [2.24, 2.45) is 5.92 Å². The summed E-state index contributed by atoms with van der Waals surface area (Å²) in [4.78, 5) is 0. The fourth-order valence-corrected chi connectivity index (χ4v) is 2.49. The molecule has 0 saturated carbocycles. The molecule has 2 rings (SSSR count). The summed E-state index contributed by atoms with van der Waals surface area (Å²) in [5.41, 5.74) is 1.13. The molecule has 0 saturated heterocycles. The molecule has 0 amide bonds. The van der Waals surface area contributed by atoms with Gasteiger partial charge in [-0.2, -0.15) is 0 Å². The summed E-state index contributed by atoms with van der Waals surface area (Å²) in [5.74, 6) is 2.14. The second kappa shape index (κ2) is 6.33. The van der Waals surface area contributed by atoms with E-state index < -0.39 is 0 Å². The molecule has 1 aliphatic heterocycles. The first-order valence-electron chi connectivity index (χ1n) is 6.76. The van der Waals surface area contributed by atoms with E-state index in [0.29, 0.717) is 19.1 Å². The Labute approximate surface area is 114 Å². The Hall–Kier alpha value is -0.890. The number of rotatable bonds is 5. The largest absolute Gasteiger partial charge is 0.486 e. The molecule has 0 aliphatic carbocycles. The van der Waals surface area contributed by atoms with Crippen molar-refractivity contribution in [1.82, 2.24) is 0 Å². The number of alkyl halides is 1. The Morgan fingerprint density at radius 2 is 1.94 bits per heavy atom. The Kier molecular flexibility index (Phi) is 4.76. The highest BCUT2D eigenvalue weighted by molar-refractivity contribution is 6.21. The summed E-state index contributed by atoms with van der Waals surface area (Å²) >= 11 is 6.54. The van der Waals surface area contributed by atoms with Gasteiger partial charge in [0.25, 0.3) is 0 Å². The van der Waals surface area contributed by atoms with Crippen LogP contribution in [0.2, 0.25) is 0 Å². The van der Waals surface area contributed by atoms with Crippen LogP contribution in [-0.4, -0.2) is 13.2 Å². The van der Waals surface area contributed by atoms with Crippen LogP contribution in [0.3, 0.4) is 0 Å². The van der Waals surface area contributed by atoms with Gasteiger partial charge in [0, 0.05) is 0 Å².